The number of carbonyl (C=O) groups is 12. The van der Waals surface area contributed by atoms with Crippen molar-refractivity contribution in [1.82, 2.24) is 0 Å². The van der Waals surface area contributed by atoms with Crippen LogP contribution < -0.4 is 0 Å². The standard InChI is InChI=1S/C9H16O5.4C5H12O4.11C4H6O2/c1-7(2)8(13)14-6-9(3-10,4-11)5-12;4*6-1-5(2-7,3-8)4-9;11*1-3(2)4(5)6/h10-12H,1,3-6H2,2H3;4*6-9H,1-4H2;11*1H2,2H3,(H,5,6). The zero-order chi connectivity index (χ0) is 97.2. The van der Waals surface area contributed by atoms with Gasteiger partial charge in [-0.05, 0) is 83.1 Å². The number of carboxylic acids is 11. The first-order valence-electron chi connectivity index (χ1n) is 31.7. The van der Waals surface area contributed by atoms with Crippen LogP contribution in [0.3, 0.4) is 0 Å². The molecule has 0 aliphatic rings. The first-order valence-corrected chi connectivity index (χ1v) is 31.7. The van der Waals surface area contributed by atoms with Crippen molar-refractivity contribution in [2.45, 2.75) is 83.1 Å². The van der Waals surface area contributed by atoms with E-state index in [-0.39, 0.29) is 73.5 Å². The maximum absolute atomic E-state index is 11.0. The van der Waals surface area contributed by atoms with Gasteiger partial charge in [0.25, 0.3) is 0 Å². The molecule has 0 atom stereocenters. The fourth-order valence-electron chi connectivity index (χ4n) is 1.83. The van der Waals surface area contributed by atoms with Crippen molar-refractivity contribution >= 4 is 71.6 Å². The Balaban J connectivity index is -0.0000000662. The molecule has 0 aliphatic heterocycles. The van der Waals surface area contributed by atoms with E-state index in [2.05, 4.69) is 78.9 Å². The van der Waals surface area contributed by atoms with Crippen LogP contribution in [-0.2, 0) is 62.3 Å². The summed E-state index contributed by atoms with van der Waals surface area (Å²) in [5.74, 6) is -10.9. The molecule has 0 heterocycles. The molecule has 0 aliphatic carbocycles. The number of aliphatic hydroxyl groups is 19. The number of ether oxygens (including phenoxy) is 1. The average Bonchev–Trinajstić information content (AvgIpc) is 0.890. The SMILES string of the molecule is C=C(C)C(=O)O.C=C(C)C(=O)O.C=C(C)C(=O)O.C=C(C)C(=O)O.C=C(C)C(=O)O.C=C(C)C(=O)O.C=C(C)C(=O)O.C=C(C)C(=O)O.C=C(C)C(=O)O.C=C(C)C(=O)O.C=C(C)C(=O)O.C=C(C)C(=O)OCC(CO)(CO)CO.OCC(CO)(CO)CO.OCC(CO)(CO)CO.OCC(CO)(CO)CO.OCC(CO)(CO)CO. The molecular weight excluding hydrogens is 1560 g/mol. The largest absolute Gasteiger partial charge is 0.478 e. The Morgan fingerprint density at radius 2 is 0.241 bits per heavy atom. The lowest BCUT2D eigenvalue weighted by Gasteiger charge is -2.26. The fourth-order valence-corrected chi connectivity index (χ4v) is 1.83. The second-order valence-corrected chi connectivity index (χ2v) is 23.8. The van der Waals surface area contributed by atoms with Crippen molar-refractivity contribution in [2.75, 3.05) is 132 Å². The minimum atomic E-state index is -1.18. The lowest BCUT2D eigenvalue weighted by molar-refractivity contribution is -0.147. The van der Waals surface area contributed by atoms with Crippen LogP contribution in [0, 0.1) is 27.1 Å². The summed E-state index contributed by atoms with van der Waals surface area (Å²) >= 11 is 0. The number of esters is 1. The Morgan fingerprint density at radius 1 is 0.172 bits per heavy atom. The summed E-state index contributed by atoms with van der Waals surface area (Å²) < 4.78 is 4.72. The topological polar surface area (TPSA) is 821 Å². The smallest absolute Gasteiger partial charge is 0.333 e. The van der Waals surface area contributed by atoms with Crippen molar-refractivity contribution in [3.05, 3.63) is 146 Å². The second-order valence-electron chi connectivity index (χ2n) is 23.8. The zero-order valence-electron chi connectivity index (χ0n) is 67.9. The van der Waals surface area contributed by atoms with E-state index in [1.807, 2.05) is 0 Å². The number of aliphatic carboxylic acids is 11. The molecule has 0 unspecified atom stereocenters. The van der Waals surface area contributed by atoms with Gasteiger partial charge in [-0.2, -0.15) is 0 Å². The number of carbonyl (C=O) groups excluding carboxylic acids is 1. The Bertz CT molecular complexity index is 2200. The number of aliphatic hydroxyl groups excluding tert-OH is 19. The minimum Gasteiger partial charge on any atom is -0.478 e. The molecule has 0 spiro atoms. The van der Waals surface area contributed by atoms with Crippen LogP contribution in [0.5, 0.6) is 0 Å². The van der Waals surface area contributed by atoms with Crippen LogP contribution in [0.25, 0.3) is 0 Å². The molecule has 116 heavy (non-hydrogen) atoms. The first-order chi connectivity index (χ1) is 52.5. The third-order valence-corrected chi connectivity index (χ3v) is 11.2. The van der Waals surface area contributed by atoms with Gasteiger partial charge < -0.3 is 158 Å². The lowest BCUT2D eigenvalue weighted by atomic mass is 9.93. The third-order valence-electron chi connectivity index (χ3n) is 11.2. The maximum atomic E-state index is 11.0. The van der Waals surface area contributed by atoms with Crippen LogP contribution in [0.4, 0.5) is 0 Å². The van der Waals surface area contributed by atoms with Gasteiger partial charge in [0, 0.05) is 66.9 Å². The summed E-state index contributed by atoms with van der Waals surface area (Å²) in [5.41, 5.74) is -3.46. The molecule has 680 valence electrons. The van der Waals surface area contributed by atoms with Crippen molar-refractivity contribution in [2.24, 2.45) is 27.1 Å². The van der Waals surface area contributed by atoms with E-state index >= 15 is 0 Å². The molecule has 0 rings (SSSR count). The summed E-state index contributed by atoms with van der Waals surface area (Å²) in [7, 11) is 0. The summed E-state index contributed by atoms with van der Waals surface area (Å²) in [4.78, 5) is 117. The van der Waals surface area contributed by atoms with Gasteiger partial charge in [0.15, 0.2) is 0 Å². The van der Waals surface area contributed by atoms with Gasteiger partial charge >= 0.3 is 71.6 Å². The highest BCUT2D eigenvalue weighted by atomic mass is 16.5. The van der Waals surface area contributed by atoms with Gasteiger partial charge in [-0.25, -0.2) is 57.5 Å². The maximum Gasteiger partial charge on any atom is 0.333 e. The highest BCUT2D eigenvalue weighted by Crippen LogP contribution is 2.17. The Morgan fingerprint density at radius 3 is 0.276 bits per heavy atom. The zero-order valence-corrected chi connectivity index (χ0v) is 67.9. The van der Waals surface area contributed by atoms with E-state index in [0.29, 0.717) is 0 Å². The number of rotatable bonds is 33. The lowest BCUT2D eigenvalue weighted by Crippen LogP contribution is -2.39. The fraction of sp³-hybridized carbons (Fsp3) is 0.507. The molecule has 43 nitrogen and oxygen atoms in total. The monoisotopic (exact) mass is 1690 g/mol. The summed E-state index contributed by atoms with van der Waals surface area (Å²) in [5, 5.41) is 249. The van der Waals surface area contributed by atoms with E-state index in [4.69, 9.17) is 158 Å². The van der Waals surface area contributed by atoms with Gasteiger partial charge in [-0.1, -0.05) is 78.9 Å². The number of hydrogen-bond acceptors (Lipinski definition) is 32. The van der Waals surface area contributed by atoms with Crippen molar-refractivity contribution < 1.29 is 215 Å². The van der Waals surface area contributed by atoms with Crippen molar-refractivity contribution in [1.29, 1.82) is 0 Å². The summed E-state index contributed by atoms with van der Waals surface area (Å²) in [6.45, 7) is 47.4. The molecule has 0 aromatic carbocycles. The molecule has 0 radical (unpaired) electrons. The third kappa shape index (κ3) is 108. The Kier molecular flexibility index (Phi) is 110. The number of hydrogen-bond donors (Lipinski definition) is 30. The Labute approximate surface area is 673 Å². The molecule has 0 aromatic heterocycles. The van der Waals surface area contributed by atoms with Crippen molar-refractivity contribution in [3.8, 4) is 0 Å². The van der Waals surface area contributed by atoms with Gasteiger partial charge in [0.05, 0.1) is 153 Å². The van der Waals surface area contributed by atoms with Crippen LogP contribution in [0.2, 0.25) is 0 Å². The predicted molar refractivity (Wildman–Crippen MR) is 420 cm³/mol. The van der Waals surface area contributed by atoms with E-state index in [1.165, 1.54) is 83.1 Å². The first kappa shape index (κ1) is 144. The van der Waals surface area contributed by atoms with Crippen LogP contribution in [-0.4, -0.2) is 357 Å². The highest BCUT2D eigenvalue weighted by Gasteiger charge is 2.31. The summed E-state index contributed by atoms with van der Waals surface area (Å²) in [6, 6.07) is 0. The van der Waals surface area contributed by atoms with E-state index in [1.54, 1.807) is 0 Å². The van der Waals surface area contributed by atoms with Gasteiger partial charge in [0.2, 0.25) is 0 Å². The molecule has 0 saturated carbocycles. The molecule has 0 saturated heterocycles. The average molecular weight is 1700 g/mol. The molecule has 0 fully saturated rings. The van der Waals surface area contributed by atoms with Crippen molar-refractivity contribution in [3.63, 3.8) is 0 Å². The molecule has 0 amide bonds. The van der Waals surface area contributed by atoms with Gasteiger partial charge in [0.1, 0.15) is 6.61 Å². The predicted octanol–water partition coefficient (Wildman–Crippen LogP) is -2.04. The molecule has 43 heteroatoms. The minimum absolute atomic E-state index is 0.176. The van der Waals surface area contributed by atoms with Gasteiger partial charge in [-0.15, -0.1) is 0 Å². The quantitative estimate of drug-likeness (QED) is 0.0248. The van der Waals surface area contributed by atoms with Crippen LogP contribution in [0.15, 0.2) is 146 Å². The van der Waals surface area contributed by atoms with Crippen LogP contribution in [0.1, 0.15) is 83.1 Å². The Hall–Kier alpha value is -10.2. The number of carboxylic acid groups (broad SMARTS) is 11. The molecular formula is C73H130O43. The van der Waals surface area contributed by atoms with E-state index < -0.39 is 224 Å². The highest BCUT2D eigenvalue weighted by molar-refractivity contribution is 5.89. The van der Waals surface area contributed by atoms with E-state index in [0.717, 1.165) is 0 Å². The van der Waals surface area contributed by atoms with Crippen LogP contribution >= 0.6 is 0 Å². The molecule has 0 bridgehead atoms. The molecule has 30 N–H and O–H groups in total. The normalized spacial score (nSPS) is 9.34. The van der Waals surface area contributed by atoms with Gasteiger partial charge in [-0.3, -0.25) is 0 Å². The molecule has 0 aromatic rings. The summed E-state index contributed by atoms with van der Waals surface area (Å²) in [6.07, 6.45) is 0. The second kappa shape index (κ2) is 88.7. The van der Waals surface area contributed by atoms with E-state index in [9.17, 15) is 57.5 Å².